The molecule has 0 aliphatic heterocycles. The maximum absolute atomic E-state index is 12.2. The normalized spacial score (nSPS) is 19.4. The van der Waals surface area contributed by atoms with Crippen molar-refractivity contribution in [2.75, 3.05) is 19.4 Å². The van der Waals surface area contributed by atoms with E-state index in [9.17, 15) is 14.4 Å². The number of nitrogens with one attached hydrogen (secondary N) is 1. The van der Waals surface area contributed by atoms with Crippen molar-refractivity contribution in [1.29, 1.82) is 0 Å². The van der Waals surface area contributed by atoms with Crippen molar-refractivity contribution >= 4 is 30.5 Å². The molecule has 2 rings (SSSR count). The minimum atomic E-state index is -1.17. The van der Waals surface area contributed by atoms with Crippen molar-refractivity contribution in [2.45, 2.75) is 103 Å². The molecule has 0 spiro atoms. The van der Waals surface area contributed by atoms with Crippen LogP contribution >= 0.6 is 12.6 Å². The second kappa shape index (κ2) is 15.5. The summed E-state index contributed by atoms with van der Waals surface area (Å²) in [5.41, 5.74) is 0. The van der Waals surface area contributed by atoms with E-state index in [2.05, 4.69) is 22.7 Å². The van der Waals surface area contributed by atoms with E-state index in [4.69, 9.17) is 5.11 Å². The minimum absolute atomic E-state index is 0.247. The molecule has 1 amide bonds. The van der Waals surface area contributed by atoms with E-state index in [1.165, 1.54) is 71.3 Å². The van der Waals surface area contributed by atoms with Crippen molar-refractivity contribution in [3.8, 4) is 0 Å². The van der Waals surface area contributed by atoms with Gasteiger partial charge in [0.1, 0.15) is 12.6 Å². The zero-order valence-corrected chi connectivity index (χ0v) is 21.2. The van der Waals surface area contributed by atoms with Crippen LogP contribution in [0.4, 0.5) is 0 Å². The first kappa shape index (κ1) is 28.8. The van der Waals surface area contributed by atoms with Gasteiger partial charge in [-0.25, -0.2) is 4.79 Å². The predicted octanol–water partition coefficient (Wildman–Crippen LogP) is 3.90. The molecule has 0 unspecified atom stereocenters. The van der Waals surface area contributed by atoms with Crippen LogP contribution in [-0.2, 0) is 19.1 Å². The number of carbonyl (C=O) groups excluding carboxylic acids is 2. The summed E-state index contributed by atoms with van der Waals surface area (Å²) in [6, 6.07) is 0.838. The van der Waals surface area contributed by atoms with Gasteiger partial charge < -0.3 is 20.1 Å². The number of aliphatic carboxylic acids is 1. The number of methoxy groups -OCH3 is 1. The number of carbonyl (C=O) groups is 3. The zero-order valence-electron chi connectivity index (χ0n) is 20.3. The highest BCUT2D eigenvalue weighted by Gasteiger charge is 2.36. The Balaban J connectivity index is 0.000000339. The summed E-state index contributed by atoms with van der Waals surface area (Å²) >= 11 is 4.02. The molecule has 0 saturated heterocycles. The van der Waals surface area contributed by atoms with Crippen LogP contribution < -0.4 is 5.32 Å². The van der Waals surface area contributed by atoms with Crippen molar-refractivity contribution in [3.05, 3.63) is 0 Å². The Morgan fingerprint density at radius 3 is 1.78 bits per heavy atom. The Kier molecular flexibility index (Phi) is 14.0. The highest BCUT2D eigenvalue weighted by molar-refractivity contribution is 7.80. The molecule has 0 aromatic rings. The molecule has 7 nitrogen and oxygen atoms in total. The molecule has 0 aromatic carbocycles. The second-order valence-corrected chi connectivity index (χ2v) is 9.86. The summed E-state index contributed by atoms with van der Waals surface area (Å²) < 4.78 is 4.65. The monoisotopic (exact) mass is 472 g/mol. The van der Waals surface area contributed by atoms with E-state index in [1.54, 1.807) is 20.8 Å². The van der Waals surface area contributed by atoms with Gasteiger partial charge in [-0.2, -0.15) is 12.6 Å². The fourth-order valence-corrected chi connectivity index (χ4v) is 4.73. The molecule has 32 heavy (non-hydrogen) atoms. The molecule has 2 aliphatic carbocycles. The molecule has 0 bridgehead atoms. The number of hydrogen-bond donors (Lipinski definition) is 3. The average molecular weight is 473 g/mol. The van der Waals surface area contributed by atoms with Crippen LogP contribution in [0, 0.1) is 11.8 Å². The van der Waals surface area contributed by atoms with Crippen LogP contribution in [0.25, 0.3) is 0 Å². The van der Waals surface area contributed by atoms with E-state index in [0.29, 0.717) is 0 Å². The smallest absolute Gasteiger partial charge is 0.328 e. The van der Waals surface area contributed by atoms with Crippen molar-refractivity contribution < 1.29 is 24.2 Å². The van der Waals surface area contributed by atoms with Crippen LogP contribution in [-0.4, -0.2) is 65.4 Å². The Morgan fingerprint density at radius 2 is 1.44 bits per heavy atom. The molecule has 0 radical (unpaired) electrons. The number of carboxylic acid groups (broad SMARTS) is 1. The SMILES string of the molecule is C1CCC(NC2CCCCC2)CC1.COC(=O)[C@@H](C(C)C)N(CC(=O)O)C(=O)[C@H](C)CS. The van der Waals surface area contributed by atoms with E-state index in [0.717, 1.165) is 17.0 Å². The van der Waals surface area contributed by atoms with Crippen LogP contribution in [0.15, 0.2) is 0 Å². The van der Waals surface area contributed by atoms with Crippen LogP contribution in [0.1, 0.15) is 85.0 Å². The van der Waals surface area contributed by atoms with Gasteiger partial charge in [0.15, 0.2) is 0 Å². The third-order valence-corrected chi connectivity index (χ3v) is 6.92. The molecule has 8 heteroatoms. The fraction of sp³-hybridized carbons (Fsp3) is 0.875. The lowest BCUT2D eigenvalue weighted by molar-refractivity contribution is -0.159. The minimum Gasteiger partial charge on any atom is -0.480 e. The third kappa shape index (κ3) is 10.1. The Labute approximate surface area is 199 Å². The molecule has 2 N–H and O–H groups in total. The predicted molar refractivity (Wildman–Crippen MR) is 130 cm³/mol. The molecule has 0 heterocycles. The lowest BCUT2D eigenvalue weighted by atomic mass is 9.91. The number of nitrogens with zero attached hydrogens (tertiary/aromatic N) is 1. The van der Waals surface area contributed by atoms with Crippen molar-refractivity contribution in [3.63, 3.8) is 0 Å². The van der Waals surface area contributed by atoms with Gasteiger partial charge in [0.2, 0.25) is 5.91 Å². The molecular formula is C24H44N2O5S. The summed E-state index contributed by atoms with van der Waals surface area (Å²) in [4.78, 5) is 35.9. The van der Waals surface area contributed by atoms with Gasteiger partial charge in [0, 0.05) is 23.8 Å². The zero-order chi connectivity index (χ0) is 24.1. The summed E-state index contributed by atoms with van der Waals surface area (Å²) in [6.07, 6.45) is 14.6. The molecule has 2 saturated carbocycles. The Bertz CT molecular complexity index is 559. The van der Waals surface area contributed by atoms with Crippen molar-refractivity contribution in [1.82, 2.24) is 10.2 Å². The maximum Gasteiger partial charge on any atom is 0.328 e. The first-order chi connectivity index (χ1) is 15.2. The molecule has 2 fully saturated rings. The molecule has 2 atom stereocenters. The van der Waals surface area contributed by atoms with Gasteiger partial charge in [0.25, 0.3) is 0 Å². The summed E-state index contributed by atoms with van der Waals surface area (Å²) in [5, 5.41) is 12.8. The number of amides is 1. The average Bonchev–Trinajstić information content (AvgIpc) is 2.78. The Morgan fingerprint density at radius 1 is 0.969 bits per heavy atom. The van der Waals surface area contributed by atoms with Crippen molar-refractivity contribution in [2.24, 2.45) is 11.8 Å². The van der Waals surface area contributed by atoms with Gasteiger partial charge in [0.05, 0.1) is 7.11 Å². The molecule has 186 valence electrons. The van der Waals surface area contributed by atoms with E-state index in [1.807, 2.05) is 0 Å². The third-order valence-electron chi connectivity index (χ3n) is 6.38. The first-order valence-corrected chi connectivity index (χ1v) is 12.8. The second-order valence-electron chi connectivity index (χ2n) is 9.49. The van der Waals surface area contributed by atoms with E-state index < -0.39 is 36.4 Å². The first-order valence-electron chi connectivity index (χ1n) is 12.2. The summed E-state index contributed by atoms with van der Waals surface area (Å²) in [7, 11) is 1.21. The van der Waals surface area contributed by atoms with Gasteiger partial charge in [-0.15, -0.1) is 0 Å². The molecule has 2 aliphatic rings. The topological polar surface area (TPSA) is 95.9 Å². The standard InChI is InChI=1S/C12H21NO5S.C12H23N/c1-7(2)10(12(17)18-4)13(5-9(14)15)11(16)8(3)6-19;1-3-7-11(8-4-1)13-12-9-5-2-6-10-12/h7-8,10,19H,5-6H2,1-4H3,(H,14,15);11-13H,1-10H2/t8-,10-;/m1./s1. The van der Waals surface area contributed by atoms with Gasteiger partial charge in [-0.3, -0.25) is 9.59 Å². The lowest BCUT2D eigenvalue weighted by Gasteiger charge is -2.32. The highest BCUT2D eigenvalue weighted by atomic mass is 32.1. The lowest BCUT2D eigenvalue weighted by Crippen LogP contribution is -2.52. The number of thiol groups is 1. The number of hydrogen-bond acceptors (Lipinski definition) is 6. The van der Waals surface area contributed by atoms with Gasteiger partial charge in [-0.1, -0.05) is 59.3 Å². The summed E-state index contributed by atoms with van der Waals surface area (Å²) in [5.74, 6) is -2.64. The van der Waals surface area contributed by atoms with Gasteiger partial charge >= 0.3 is 11.9 Å². The van der Waals surface area contributed by atoms with Crippen LogP contribution in [0.3, 0.4) is 0 Å². The van der Waals surface area contributed by atoms with E-state index in [-0.39, 0.29) is 11.7 Å². The van der Waals surface area contributed by atoms with Gasteiger partial charge in [-0.05, 0) is 31.6 Å². The number of esters is 1. The quantitative estimate of drug-likeness (QED) is 0.348. The molecular weight excluding hydrogens is 428 g/mol. The van der Waals surface area contributed by atoms with E-state index >= 15 is 0 Å². The number of rotatable bonds is 9. The number of carboxylic acids is 1. The highest BCUT2D eigenvalue weighted by Crippen LogP contribution is 2.22. The van der Waals surface area contributed by atoms with Crippen LogP contribution in [0.2, 0.25) is 0 Å². The Hall–Kier alpha value is -1.28. The summed E-state index contributed by atoms with van der Waals surface area (Å²) in [6.45, 7) is 4.57. The fourth-order valence-electron chi connectivity index (χ4n) is 4.57. The van der Waals surface area contributed by atoms with Crippen LogP contribution in [0.5, 0.6) is 0 Å². The number of ether oxygens (including phenoxy) is 1. The maximum atomic E-state index is 12.2. The molecule has 0 aromatic heterocycles. The largest absolute Gasteiger partial charge is 0.480 e.